The lowest BCUT2D eigenvalue weighted by atomic mass is 10.0. The number of anilines is 2. The van der Waals surface area contributed by atoms with E-state index in [9.17, 15) is 15.2 Å². The molecule has 0 aliphatic carbocycles. The van der Waals surface area contributed by atoms with Gasteiger partial charge in [0.2, 0.25) is 0 Å². The standard InChI is InChI=1S/C21H21N5O2/c1-12-9-15(13(2)23-16-8-6-5-7-14(16)21(27)28)19-17(10-12)24-18(11-22)20(25-19)26(3)4/h5-10,13,23H,1-4H3,(H,27,28)/t13-/m1/s1. The second kappa shape index (κ2) is 7.53. The van der Waals surface area contributed by atoms with Crippen LogP contribution < -0.4 is 10.2 Å². The molecule has 1 aromatic heterocycles. The highest BCUT2D eigenvalue weighted by molar-refractivity contribution is 5.94. The molecule has 0 aliphatic heterocycles. The fourth-order valence-corrected chi connectivity index (χ4v) is 3.15. The predicted molar refractivity (Wildman–Crippen MR) is 109 cm³/mol. The molecule has 142 valence electrons. The van der Waals surface area contributed by atoms with E-state index < -0.39 is 5.97 Å². The molecular formula is C21H21N5O2. The Morgan fingerprint density at radius 2 is 1.96 bits per heavy atom. The van der Waals surface area contributed by atoms with Crippen molar-refractivity contribution in [1.29, 1.82) is 5.26 Å². The molecule has 0 amide bonds. The van der Waals surface area contributed by atoms with Crippen LogP contribution in [0.15, 0.2) is 36.4 Å². The van der Waals surface area contributed by atoms with Crippen molar-refractivity contribution in [2.45, 2.75) is 19.9 Å². The van der Waals surface area contributed by atoms with Gasteiger partial charge in [-0.2, -0.15) is 5.26 Å². The van der Waals surface area contributed by atoms with Gasteiger partial charge in [0, 0.05) is 25.3 Å². The number of carboxylic acid groups (broad SMARTS) is 1. The summed E-state index contributed by atoms with van der Waals surface area (Å²) >= 11 is 0. The molecule has 0 saturated carbocycles. The summed E-state index contributed by atoms with van der Waals surface area (Å²) in [5.74, 6) is -0.490. The Bertz CT molecular complexity index is 1100. The molecule has 2 aromatic carbocycles. The van der Waals surface area contributed by atoms with Gasteiger partial charge in [0.25, 0.3) is 0 Å². The summed E-state index contributed by atoms with van der Waals surface area (Å²) in [5.41, 5.74) is 4.20. The summed E-state index contributed by atoms with van der Waals surface area (Å²) in [5, 5.41) is 22.1. The van der Waals surface area contributed by atoms with E-state index in [2.05, 4.69) is 16.4 Å². The molecular weight excluding hydrogens is 354 g/mol. The van der Waals surface area contributed by atoms with E-state index in [1.54, 1.807) is 29.2 Å². The molecule has 3 aromatic rings. The number of nitriles is 1. The monoisotopic (exact) mass is 375 g/mol. The summed E-state index contributed by atoms with van der Waals surface area (Å²) in [6.45, 7) is 3.90. The first-order valence-electron chi connectivity index (χ1n) is 8.80. The number of hydrogen-bond acceptors (Lipinski definition) is 6. The van der Waals surface area contributed by atoms with Gasteiger partial charge in [0.1, 0.15) is 6.07 Å². The zero-order chi connectivity index (χ0) is 20.4. The van der Waals surface area contributed by atoms with Gasteiger partial charge in [-0.25, -0.2) is 14.8 Å². The first kappa shape index (κ1) is 19.1. The van der Waals surface area contributed by atoms with Crippen molar-refractivity contribution >= 4 is 28.5 Å². The van der Waals surface area contributed by atoms with Crippen LogP contribution in [0.1, 0.15) is 40.1 Å². The van der Waals surface area contributed by atoms with Crippen molar-refractivity contribution in [2.75, 3.05) is 24.3 Å². The predicted octanol–water partition coefficient (Wildman–Crippen LogP) is 3.75. The van der Waals surface area contributed by atoms with Crippen molar-refractivity contribution < 1.29 is 9.90 Å². The van der Waals surface area contributed by atoms with Gasteiger partial charge in [0.05, 0.1) is 22.6 Å². The third kappa shape index (κ3) is 3.58. The first-order chi connectivity index (χ1) is 13.3. The van der Waals surface area contributed by atoms with Crippen molar-refractivity contribution in [3.63, 3.8) is 0 Å². The van der Waals surface area contributed by atoms with Crippen LogP contribution in [0.4, 0.5) is 11.5 Å². The molecule has 1 atom stereocenters. The second-order valence-electron chi connectivity index (χ2n) is 6.84. The van der Waals surface area contributed by atoms with Crippen molar-refractivity contribution in [3.8, 4) is 6.07 Å². The third-order valence-electron chi connectivity index (χ3n) is 4.45. The van der Waals surface area contributed by atoms with Crippen LogP contribution in [0.2, 0.25) is 0 Å². The number of aryl methyl sites for hydroxylation is 1. The Kier molecular flexibility index (Phi) is 5.14. The molecule has 7 nitrogen and oxygen atoms in total. The number of nitrogens with one attached hydrogen (secondary N) is 1. The van der Waals surface area contributed by atoms with Gasteiger partial charge in [-0.3, -0.25) is 0 Å². The van der Waals surface area contributed by atoms with E-state index in [0.29, 0.717) is 22.5 Å². The highest BCUT2D eigenvalue weighted by Gasteiger charge is 2.18. The van der Waals surface area contributed by atoms with Crippen molar-refractivity contribution in [2.24, 2.45) is 0 Å². The fraction of sp³-hybridized carbons (Fsp3) is 0.238. The Morgan fingerprint density at radius 3 is 2.61 bits per heavy atom. The smallest absolute Gasteiger partial charge is 0.337 e. The lowest BCUT2D eigenvalue weighted by Gasteiger charge is -2.20. The average Bonchev–Trinajstić information content (AvgIpc) is 2.66. The number of benzene rings is 2. The first-order valence-corrected chi connectivity index (χ1v) is 8.80. The number of carbonyl (C=O) groups is 1. The van der Waals surface area contributed by atoms with Crippen LogP contribution in [0.5, 0.6) is 0 Å². The number of nitrogens with zero attached hydrogens (tertiary/aromatic N) is 4. The molecule has 0 saturated heterocycles. The molecule has 2 N–H and O–H groups in total. The Morgan fingerprint density at radius 1 is 1.25 bits per heavy atom. The Balaban J connectivity index is 2.13. The fourth-order valence-electron chi connectivity index (χ4n) is 3.15. The minimum Gasteiger partial charge on any atom is -0.478 e. The third-order valence-corrected chi connectivity index (χ3v) is 4.45. The summed E-state index contributed by atoms with van der Waals surface area (Å²) in [7, 11) is 3.63. The van der Waals surface area contributed by atoms with Gasteiger partial charge >= 0.3 is 5.97 Å². The number of aromatic carboxylic acids is 1. The highest BCUT2D eigenvalue weighted by atomic mass is 16.4. The molecule has 0 radical (unpaired) electrons. The van der Waals surface area contributed by atoms with Crippen LogP contribution in [-0.2, 0) is 0 Å². The molecule has 3 rings (SSSR count). The van der Waals surface area contributed by atoms with Gasteiger partial charge in [0.15, 0.2) is 11.5 Å². The zero-order valence-electron chi connectivity index (χ0n) is 16.2. The minimum absolute atomic E-state index is 0.207. The SMILES string of the molecule is Cc1cc([C@@H](C)Nc2ccccc2C(=O)O)c2nc(N(C)C)c(C#N)nc2c1. The molecule has 0 spiro atoms. The van der Waals surface area contributed by atoms with E-state index in [1.807, 2.05) is 40.1 Å². The van der Waals surface area contributed by atoms with Gasteiger partial charge in [-0.05, 0) is 37.6 Å². The average molecular weight is 375 g/mol. The van der Waals surface area contributed by atoms with E-state index in [-0.39, 0.29) is 17.3 Å². The quantitative estimate of drug-likeness (QED) is 0.700. The largest absolute Gasteiger partial charge is 0.478 e. The van der Waals surface area contributed by atoms with E-state index in [0.717, 1.165) is 11.1 Å². The number of aromatic nitrogens is 2. The summed E-state index contributed by atoms with van der Waals surface area (Å²) in [6, 6.07) is 12.6. The van der Waals surface area contributed by atoms with Crippen LogP contribution in [0, 0.1) is 18.3 Å². The number of para-hydroxylation sites is 1. The number of rotatable bonds is 5. The van der Waals surface area contributed by atoms with Crippen LogP contribution in [0.25, 0.3) is 11.0 Å². The van der Waals surface area contributed by atoms with Gasteiger partial charge in [-0.15, -0.1) is 0 Å². The molecule has 7 heteroatoms. The van der Waals surface area contributed by atoms with Crippen LogP contribution >= 0.6 is 0 Å². The maximum absolute atomic E-state index is 11.5. The maximum atomic E-state index is 11.5. The lowest BCUT2D eigenvalue weighted by Crippen LogP contribution is -2.15. The van der Waals surface area contributed by atoms with Crippen LogP contribution in [0.3, 0.4) is 0 Å². The van der Waals surface area contributed by atoms with E-state index >= 15 is 0 Å². The van der Waals surface area contributed by atoms with E-state index in [4.69, 9.17) is 4.98 Å². The molecule has 1 heterocycles. The molecule has 0 unspecified atom stereocenters. The molecule has 0 aliphatic rings. The second-order valence-corrected chi connectivity index (χ2v) is 6.84. The summed E-state index contributed by atoms with van der Waals surface area (Å²) < 4.78 is 0. The number of fused-ring (bicyclic) bond motifs is 1. The molecule has 0 bridgehead atoms. The minimum atomic E-state index is -0.988. The van der Waals surface area contributed by atoms with Crippen molar-refractivity contribution in [3.05, 3.63) is 58.8 Å². The number of hydrogen-bond donors (Lipinski definition) is 2. The maximum Gasteiger partial charge on any atom is 0.337 e. The van der Waals surface area contributed by atoms with E-state index in [1.165, 1.54) is 0 Å². The van der Waals surface area contributed by atoms with Crippen LogP contribution in [-0.4, -0.2) is 35.1 Å². The summed E-state index contributed by atoms with van der Waals surface area (Å²) in [6.07, 6.45) is 0. The topological polar surface area (TPSA) is 102 Å². The Hall–Kier alpha value is -3.66. The molecule has 28 heavy (non-hydrogen) atoms. The lowest BCUT2D eigenvalue weighted by molar-refractivity contribution is 0.0698. The number of carboxylic acids is 1. The molecule has 0 fully saturated rings. The van der Waals surface area contributed by atoms with Gasteiger partial charge < -0.3 is 15.3 Å². The normalized spacial score (nSPS) is 11.7. The van der Waals surface area contributed by atoms with Gasteiger partial charge in [-0.1, -0.05) is 18.2 Å². The zero-order valence-corrected chi connectivity index (χ0v) is 16.2. The highest BCUT2D eigenvalue weighted by Crippen LogP contribution is 2.30. The Labute approximate surface area is 163 Å². The van der Waals surface area contributed by atoms with Crippen molar-refractivity contribution in [1.82, 2.24) is 9.97 Å². The summed E-state index contributed by atoms with van der Waals surface area (Å²) in [4.78, 5) is 22.4.